The first-order chi connectivity index (χ1) is 11.3. The molecule has 1 aliphatic rings. The van der Waals surface area contributed by atoms with E-state index >= 15 is 0 Å². The van der Waals surface area contributed by atoms with Gasteiger partial charge in [0.2, 0.25) is 10.0 Å². The van der Waals surface area contributed by atoms with Crippen LogP contribution in [0.25, 0.3) is 0 Å². The number of carbonyl (C=O) groups excluding carboxylic acids is 1. The fourth-order valence-electron chi connectivity index (χ4n) is 2.95. The molecule has 1 aromatic carbocycles. The van der Waals surface area contributed by atoms with Crippen molar-refractivity contribution < 1.29 is 51.1 Å². The van der Waals surface area contributed by atoms with Gasteiger partial charge in [0.15, 0.2) is 0 Å². The van der Waals surface area contributed by atoms with Crippen molar-refractivity contribution in [1.29, 1.82) is 0 Å². The Hall–Kier alpha value is -0.376. The fourth-order valence-corrected chi connectivity index (χ4v) is 4.59. The molecule has 2 N–H and O–H groups in total. The Morgan fingerprint density at radius 1 is 1.32 bits per heavy atom. The van der Waals surface area contributed by atoms with Crippen LogP contribution in [0.1, 0.15) is 12.0 Å². The Labute approximate surface area is 174 Å². The summed E-state index contributed by atoms with van der Waals surface area (Å²) in [6, 6.07) is 5.31. The molecule has 0 spiro atoms. The molecule has 0 aromatic heterocycles. The second-order valence-corrected chi connectivity index (χ2v) is 7.70. The average Bonchev–Trinajstić information content (AvgIpc) is 3.01. The van der Waals surface area contributed by atoms with Crippen molar-refractivity contribution in [2.24, 2.45) is 0 Å². The molecule has 1 aliphatic heterocycles. The van der Waals surface area contributed by atoms with Crippen molar-refractivity contribution in [3.63, 3.8) is 0 Å². The van der Waals surface area contributed by atoms with Crippen molar-refractivity contribution in [3.8, 4) is 0 Å². The predicted octanol–water partition coefficient (Wildman–Crippen LogP) is 0.600. The number of aryl methyl sites for hydroxylation is 1. The van der Waals surface area contributed by atoms with E-state index < -0.39 is 22.0 Å². The SMILES string of the molecule is [CH2-]CN(C[CH2-])[C@H]1CC(C(=O)NO)N(S(=O)(=O)c2ccc(C)cc2)C1.[Y]. The summed E-state index contributed by atoms with van der Waals surface area (Å²) < 4.78 is 27.0. The molecule has 1 heterocycles. The van der Waals surface area contributed by atoms with Crippen molar-refractivity contribution in [2.75, 3.05) is 19.6 Å². The van der Waals surface area contributed by atoms with Gasteiger partial charge in [0.25, 0.3) is 5.91 Å². The Kier molecular flexibility index (Phi) is 8.64. The Balaban J connectivity index is 0.00000312. The molecule has 1 radical (unpaired) electrons. The number of hydroxylamine groups is 1. The average molecular weight is 442 g/mol. The summed E-state index contributed by atoms with van der Waals surface area (Å²) in [6.07, 6.45) is 0.280. The topological polar surface area (TPSA) is 90.0 Å². The number of sulfonamides is 1. The summed E-state index contributed by atoms with van der Waals surface area (Å²) in [7, 11) is -3.85. The summed E-state index contributed by atoms with van der Waals surface area (Å²) in [5, 5.41) is 8.97. The normalized spacial score (nSPS) is 21.2. The minimum atomic E-state index is -3.85. The summed E-state index contributed by atoms with van der Waals surface area (Å²) in [6.45, 7) is 10.6. The molecule has 1 saturated heterocycles. The smallest absolute Gasteiger partial charge is 0.261 e. The van der Waals surface area contributed by atoms with Crippen molar-refractivity contribution >= 4 is 15.9 Å². The number of amides is 1. The zero-order valence-corrected chi connectivity index (χ0v) is 17.9. The van der Waals surface area contributed by atoms with Gasteiger partial charge in [-0.2, -0.15) is 4.31 Å². The van der Waals surface area contributed by atoms with E-state index in [-0.39, 0.29) is 56.6 Å². The number of carbonyl (C=O) groups is 1. The molecule has 0 saturated carbocycles. The third-order valence-corrected chi connectivity index (χ3v) is 6.25. The molecule has 7 nitrogen and oxygen atoms in total. The molecule has 2 rings (SSSR count). The van der Waals surface area contributed by atoms with E-state index in [9.17, 15) is 13.2 Å². The summed E-state index contributed by atoms with van der Waals surface area (Å²) >= 11 is 0. The van der Waals surface area contributed by atoms with E-state index in [1.165, 1.54) is 12.1 Å². The number of nitrogens with zero attached hydrogens (tertiary/aromatic N) is 2. The monoisotopic (exact) mass is 442 g/mol. The quantitative estimate of drug-likeness (QED) is 0.383. The van der Waals surface area contributed by atoms with Gasteiger partial charge in [-0.15, -0.1) is 13.1 Å². The molecular formula is C16H23N3O4SY-2. The van der Waals surface area contributed by atoms with Crippen LogP contribution in [0.15, 0.2) is 29.2 Å². The number of rotatable bonds is 6. The third-order valence-electron chi connectivity index (χ3n) is 4.36. The van der Waals surface area contributed by atoms with Crippen molar-refractivity contribution in [2.45, 2.75) is 30.3 Å². The number of benzene rings is 1. The Morgan fingerprint density at radius 3 is 2.36 bits per heavy atom. The summed E-state index contributed by atoms with van der Waals surface area (Å²) in [5.74, 6) is -0.735. The van der Waals surface area contributed by atoms with Crippen LogP contribution in [0.2, 0.25) is 0 Å². The first kappa shape index (κ1) is 22.7. The van der Waals surface area contributed by atoms with Gasteiger partial charge in [0.05, 0.1) is 4.90 Å². The van der Waals surface area contributed by atoms with Crippen LogP contribution in [-0.2, 0) is 47.5 Å². The van der Waals surface area contributed by atoms with Crippen LogP contribution in [0.3, 0.4) is 0 Å². The van der Waals surface area contributed by atoms with Crippen LogP contribution in [0.4, 0.5) is 0 Å². The minimum Gasteiger partial charge on any atom is -0.359 e. The van der Waals surface area contributed by atoms with Crippen molar-refractivity contribution in [3.05, 3.63) is 43.7 Å². The number of hydrogen-bond donors (Lipinski definition) is 2. The van der Waals surface area contributed by atoms with Gasteiger partial charge >= 0.3 is 0 Å². The number of hydrogen-bond acceptors (Lipinski definition) is 5. The van der Waals surface area contributed by atoms with E-state index in [4.69, 9.17) is 5.21 Å². The predicted molar refractivity (Wildman–Crippen MR) is 89.5 cm³/mol. The molecule has 0 aliphatic carbocycles. The first-order valence-electron chi connectivity index (χ1n) is 7.70. The summed E-state index contributed by atoms with van der Waals surface area (Å²) in [5.41, 5.74) is 2.51. The van der Waals surface area contributed by atoms with Gasteiger partial charge in [-0.3, -0.25) is 10.0 Å². The van der Waals surface area contributed by atoms with E-state index in [0.717, 1.165) is 9.87 Å². The molecule has 1 amide bonds. The molecule has 1 fully saturated rings. The van der Waals surface area contributed by atoms with Crippen LogP contribution in [0, 0.1) is 20.8 Å². The first-order valence-corrected chi connectivity index (χ1v) is 9.14. The minimum absolute atomic E-state index is 0. The van der Waals surface area contributed by atoms with Crippen LogP contribution in [-0.4, -0.2) is 60.5 Å². The van der Waals surface area contributed by atoms with Gasteiger partial charge in [0, 0.05) is 45.3 Å². The van der Waals surface area contributed by atoms with Crippen molar-refractivity contribution in [1.82, 2.24) is 14.7 Å². The number of nitrogens with one attached hydrogen (secondary N) is 1. The van der Waals surface area contributed by atoms with Gasteiger partial charge in [-0.05, 0) is 25.5 Å². The Morgan fingerprint density at radius 2 is 1.88 bits per heavy atom. The second-order valence-electron chi connectivity index (χ2n) is 5.81. The third kappa shape index (κ3) is 4.87. The Bertz CT molecular complexity index is 677. The van der Waals surface area contributed by atoms with E-state index in [1.54, 1.807) is 17.6 Å². The van der Waals surface area contributed by atoms with Gasteiger partial charge in [-0.1, -0.05) is 17.7 Å². The van der Waals surface area contributed by atoms with Crippen LogP contribution >= 0.6 is 0 Å². The summed E-state index contributed by atoms with van der Waals surface area (Å²) in [4.78, 5) is 14.0. The zero-order valence-electron chi connectivity index (χ0n) is 14.3. The maximum Gasteiger partial charge on any atom is 0.261 e. The standard InChI is InChI=1S/C16H23N3O4S.Y/c1-4-18(5-2)13-10-15(16(20)17-21)19(11-13)24(22,23)14-8-6-12(3)7-9-14;/h6-9,13,15,21H,1-2,4-5,10-11H2,3H3,(H,17,20);/q-2;/t13-,15?;/m0./s1. The molecule has 25 heavy (non-hydrogen) atoms. The molecule has 1 unspecified atom stereocenters. The van der Waals surface area contributed by atoms with E-state index in [1.807, 2.05) is 11.8 Å². The molecule has 2 atom stereocenters. The molecular weight excluding hydrogens is 419 g/mol. The van der Waals surface area contributed by atoms with E-state index in [2.05, 4.69) is 13.8 Å². The van der Waals surface area contributed by atoms with Gasteiger partial charge in [-0.25, -0.2) is 13.9 Å². The second kappa shape index (κ2) is 9.53. The van der Waals surface area contributed by atoms with Gasteiger partial charge in [0.1, 0.15) is 6.04 Å². The van der Waals surface area contributed by atoms with Crippen LogP contribution < -0.4 is 5.48 Å². The fraction of sp³-hybridized carbons (Fsp3) is 0.438. The van der Waals surface area contributed by atoms with Gasteiger partial charge < -0.3 is 18.7 Å². The maximum atomic E-state index is 12.9. The molecule has 1 aromatic rings. The maximum absolute atomic E-state index is 12.9. The molecule has 137 valence electrons. The molecule has 9 heteroatoms. The largest absolute Gasteiger partial charge is 0.359 e. The van der Waals surface area contributed by atoms with E-state index in [0.29, 0.717) is 13.1 Å². The zero-order chi connectivity index (χ0) is 17.9. The molecule has 0 bridgehead atoms. The van der Waals surface area contributed by atoms with Crippen LogP contribution in [0.5, 0.6) is 0 Å².